The molecule has 1 aromatic rings. The van der Waals surface area contributed by atoms with Gasteiger partial charge in [0.05, 0.1) is 9.21 Å². The van der Waals surface area contributed by atoms with Gasteiger partial charge in [-0.05, 0) is 38.3 Å². The molecule has 1 aromatic heterocycles. The fraction of sp³-hybridized carbons (Fsp3) is 0.538. The summed E-state index contributed by atoms with van der Waals surface area (Å²) in [6.07, 6.45) is 3.49. The van der Waals surface area contributed by atoms with Crippen LogP contribution in [0.1, 0.15) is 42.3 Å². The number of ketones is 1. The lowest BCUT2D eigenvalue weighted by Gasteiger charge is -2.35. The van der Waals surface area contributed by atoms with E-state index in [2.05, 4.69) is 0 Å². The number of hydrogen-bond donors (Lipinski definition) is 0. The first kappa shape index (κ1) is 13.6. The SMILES string of the molecule is CC(=O)CC1CCCCN1C(=O)c1ccc(Cl)s1. The third-order valence-corrected chi connectivity index (χ3v) is 4.41. The molecule has 1 atom stereocenters. The molecule has 2 rings (SSSR count). The number of hydrogen-bond acceptors (Lipinski definition) is 3. The standard InChI is InChI=1S/C13H16ClNO2S/c1-9(16)8-10-4-2-3-7-15(10)13(17)11-5-6-12(14)18-11/h5-6,10H,2-4,7-8H2,1H3. The van der Waals surface area contributed by atoms with Gasteiger partial charge in [-0.2, -0.15) is 0 Å². The minimum atomic E-state index is 0.0119. The van der Waals surface area contributed by atoms with Crippen LogP contribution in [0, 0.1) is 0 Å². The maximum absolute atomic E-state index is 12.4. The van der Waals surface area contributed by atoms with Gasteiger partial charge in [0.2, 0.25) is 0 Å². The molecule has 3 nitrogen and oxygen atoms in total. The van der Waals surface area contributed by atoms with Crippen LogP contribution in [0.5, 0.6) is 0 Å². The van der Waals surface area contributed by atoms with E-state index in [1.807, 2.05) is 4.90 Å². The molecule has 0 bridgehead atoms. The Morgan fingerprint density at radius 3 is 2.83 bits per heavy atom. The summed E-state index contributed by atoms with van der Waals surface area (Å²) in [6.45, 7) is 2.32. The number of halogens is 1. The first-order valence-corrected chi connectivity index (χ1v) is 7.33. The van der Waals surface area contributed by atoms with Crippen LogP contribution in [-0.2, 0) is 4.79 Å². The van der Waals surface area contributed by atoms with Crippen molar-refractivity contribution in [3.8, 4) is 0 Å². The van der Waals surface area contributed by atoms with Gasteiger partial charge in [-0.15, -0.1) is 11.3 Å². The van der Waals surface area contributed by atoms with Crippen LogP contribution in [0.15, 0.2) is 12.1 Å². The minimum Gasteiger partial charge on any atom is -0.335 e. The molecular formula is C13H16ClNO2S. The van der Waals surface area contributed by atoms with Crippen LogP contribution in [0.3, 0.4) is 0 Å². The molecule has 1 fully saturated rings. The largest absolute Gasteiger partial charge is 0.335 e. The normalized spacial score (nSPS) is 19.9. The topological polar surface area (TPSA) is 37.4 Å². The quantitative estimate of drug-likeness (QED) is 0.854. The molecule has 0 N–H and O–H groups in total. The van der Waals surface area contributed by atoms with Crippen molar-refractivity contribution in [2.45, 2.75) is 38.6 Å². The van der Waals surface area contributed by atoms with E-state index in [4.69, 9.17) is 11.6 Å². The van der Waals surface area contributed by atoms with Crippen LogP contribution in [-0.4, -0.2) is 29.2 Å². The van der Waals surface area contributed by atoms with Gasteiger partial charge < -0.3 is 4.90 Å². The molecule has 0 spiro atoms. The highest BCUT2D eigenvalue weighted by Gasteiger charge is 2.28. The van der Waals surface area contributed by atoms with Gasteiger partial charge in [0, 0.05) is 19.0 Å². The van der Waals surface area contributed by atoms with Gasteiger partial charge in [-0.25, -0.2) is 0 Å². The second-order valence-electron chi connectivity index (χ2n) is 4.66. The van der Waals surface area contributed by atoms with E-state index < -0.39 is 0 Å². The Morgan fingerprint density at radius 1 is 1.44 bits per heavy atom. The molecule has 2 heterocycles. The second kappa shape index (κ2) is 5.85. The minimum absolute atomic E-state index is 0.0119. The van der Waals surface area contributed by atoms with E-state index in [1.54, 1.807) is 19.1 Å². The van der Waals surface area contributed by atoms with Crippen molar-refractivity contribution < 1.29 is 9.59 Å². The zero-order chi connectivity index (χ0) is 13.1. The van der Waals surface area contributed by atoms with Gasteiger partial charge in [0.25, 0.3) is 5.91 Å². The highest BCUT2D eigenvalue weighted by atomic mass is 35.5. The Bertz CT molecular complexity index is 458. The molecule has 5 heteroatoms. The third-order valence-electron chi connectivity index (χ3n) is 3.20. The number of piperidine rings is 1. The number of Topliss-reactive ketones (excluding diaryl/α,β-unsaturated/α-hetero) is 1. The zero-order valence-corrected chi connectivity index (χ0v) is 11.9. The number of carbonyl (C=O) groups is 2. The number of rotatable bonds is 3. The van der Waals surface area contributed by atoms with Crippen molar-refractivity contribution in [2.75, 3.05) is 6.54 Å². The molecule has 0 aliphatic carbocycles. The van der Waals surface area contributed by atoms with E-state index >= 15 is 0 Å². The van der Waals surface area contributed by atoms with E-state index in [1.165, 1.54) is 11.3 Å². The summed E-state index contributed by atoms with van der Waals surface area (Å²) in [5.41, 5.74) is 0. The Labute approximate surface area is 116 Å². The lowest BCUT2D eigenvalue weighted by atomic mass is 9.97. The van der Waals surface area contributed by atoms with E-state index in [0.29, 0.717) is 15.6 Å². The molecule has 0 aromatic carbocycles. The summed E-state index contributed by atoms with van der Waals surface area (Å²) in [5, 5.41) is 0. The Hall–Kier alpha value is -0.870. The molecule has 18 heavy (non-hydrogen) atoms. The molecule has 1 aliphatic rings. The zero-order valence-electron chi connectivity index (χ0n) is 10.3. The van der Waals surface area contributed by atoms with Gasteiger partial charge in [-0.3, -0.25) is 9.59 Å². The van der Waals surface area contributed by atoms with Gasteiger partial charge in [0.1, 0.15) is 5.78 Å². The molecule has 0 saturated carbocycles. The van der Waals surface area contributed by atoms with E-state index in [-0.39, 0.29) is 17.7 Å². The fourth-order valence-electron chi connectivity index (χ4n) is 2.38. The monoisotopic (exact) mass is 285 g/mol. The fourth-order valence-corrected chi connectivity index (χ4v) is 3.38. The van der Waals surface area contributed by atoms with Crippen molar-refractivity contribution in [1.29, 1.82) is 0 Å². The first-order valence-electron chi connectivity index (χ1n) is 6.13. The van der Waals surface area contributed by atoms with Crippen LogP contribution in [0.2, 0.25) is 4.34 Å². The Morgan fingerprint density at radius 2 is 2.22 bits per heavy atom. The molecular weight excluding hydrogens is 270 g/mol. The molecule has 1 unspecified atom stereocenters. The molecule has 1 saturated heterocycles. The predicted octanol–water partition coefficient (Wildman–Crippen LogP) is 3.38. The van der Waals surface area contributed by atoms with Crippen molar-refractivity contribution >= 4 is 34.6 Å². The summed E-state index contributed by atoms with van der Waals surface area (Å²) < 4.78 is 0.624. The number of nitrogens with zero attached hydrogens (tertiary/aromatic N) is 1. The van der Waals surface area contributed by atoms with E-state index in [0.717, 1.165) is 25.8 Å². The summed E-state index contributed by atoms with van der Waals surface area (Å²) >= 11 is 7.16. The van der Waals surface area contributed by atoms with Gasteiger partial charge in [0.15, 0.2) is 0 Å². The molecule has 1 amide bonds. The number of likely N-dealkylation sites (tertiary alicyclic amines) is 1. The maximum atomic E-state index is 12.4. The second-order valence-corrected chi connectivity index (χ2v) is 6.37. The molecule has 1 aliphatic heterocycles. The maximum Gasteiger partial charge on any atom is 0.264 e. The number of carbonyl (C=O) groups excluding carboxylic acids is 2. The summed E-state index contributed by atoms with van der Waals surface area (Å²) in [5.74, 6) is 0.154. The lowest BCUT2D eigenvalue weighted by molar-refractivity contribution is -0.118. The van der Waals surface area contributed by atoms with Crippen molar-refractivity contribution in [1.82, 2.24) is 4.90 Å². The smallest absolute Gasteiger partial charge is 0.264 e. The van der Waals surface area contributed by atoms with Crippen LogP contribution in [0.25, 0.3) is 0 Å². The van der Waals surface area contributed by atoms with Crippen molar-refractivity contribution in [2.24, 2.45) is 0 Å². The number of amides is 1. The van der Waals surface area contributed by atoms with Gasteiger partial charge >= 0.3 is 0 Å². The first-order chi connectivity index (χ1) is 8.58. The molecule has 0 radical (unpaired) electrons. The van der Waals surface area contributed by atoms with Crippen molar-refractivity contribution in [3.05, 3.63) is 21.3 Å². The van der Waals surface area contributed by atoms with Crippen LogP contribution < -0.4 is 0 Å². The number of thiophene rings is 1. The van der Waals surface area contributed by atoms with E-state index in [9.17, 15) is 9.59 Å². The Balaban J connectivity index is 2.13. The average Bonchev–Trinajstić information content (AvgIpc) is 2.75. The van der Waals surface area contributed by atoms with Gasteiger partial charge in [-0.1, -0.05) is 11.6 Å². The van der Waals surface area contributed by atoms with Crippen LogP contribution >= 0.6 is 22.9 Å². The lowest BCUT2D eigenvalue weighted by Crippen LogP contribution is -2.44. The summed E-state index contributed by atoms with van der Waals surface area (Å²) in [7, 11) is 0. The average molecular weight is 286 g/mol. The predicted molar refractivity (Wildman–Crippen MR) is 73.3 cm³/mol. The third kappa shape index (κ3) is 3.12. The Kier molecular flexibility index (Phi) is 4.40. The summed E-state index contributed by atoms with van der Waals surface area (Å²) in [4.78, 5) is 26.1. The summed E-state index contributed by atoms with van der Waals surface area (Å²) in [6, 6.07) is 3.56. The highest BCUT2D eigenvalue weighted by Crippen LogP contribution is 2.27. The van der Waals surface area contributed by atoms with Crippen molar-refractivity contribution in [3.63, 3.8) is 0 Å². The van der Waals surface area contributed by atoms with Crippen LogP contribution in [0.4, 0.5) is 0 Å². The molecule has 98 valence electrons. The highest BCUT2D eigenvalue weighted by molar-refractivity contribution is 7.17.